The van der Waals surface area contributed by atoms with Crippen molar-refractivity contribution in [2.24, 2.45) is 0 Å². The maximum absolute atomic E-state index is 12.7. The lowest BCUT2D eigenvalue weighted by molar-refractivity contribution is -0.384. The Balaban J connectivity index is 2.23. The van der Waals surface area contributed by atoms with Gasteiger partial charge in [0.1, 0.15) is 0 Å². The van der Waals surface area contributed by atoms with Gasteiger partial charge < -0.3 is 10.2 Å². The summed E-state index contributed by atoms with van der Waals surface area (Å²) in [7, 11) is -0.190. The van der Waals surface area contributed by atoms with Gasteiger partial charge in [0.25, 0.3) is 11.6 Å². The number of rotatable bonds is 8. The molecule has 0 bridgehead atoms. The average Bonchev–Trinajstić information content (AvgIpc) is 2.64. The Morgan fingerprint density at radius 2 is 1.86 bits per heavy atom. The molecule has 0 fully saturated rings. The number of nitro groups is 1. The van der Waals surface area contributed by atoms with Crippen molar-refractivity contribution in [2.75, 3.05) is 19.0 Å². The number of carbonyl (C=O) groups is 1. The van der Waals surface area contributed by atoms with Crippen molar-refractivity contribution >= 4 is 27.3 Å². The van der Waals surface area contributed by atoms with E-state index in [9.17, 15) is 23.3 Å². The molecule has 0 spiro atoms. The molecule has 2 aromatic rings. The summed E-state index contributed by atoms with van der Waals surface area (Å²) < 4.78 is 27.1. The minimum atomic E-state index is -3.65. The van der Waals surface area contributed by atoms with Gasteiger partial charge in [0, 0.05) is 44.5 Å². The number of hydrogen-bond acceptors (Lipinski definition) is 6. The first-order valence-electron chi connectivity index (χ1n) is 8.86. The zero-order valence-electron chi connectivity index (χ0n) is 16.7. The van der Waals surface area contributed by atoms with Gasteiger partial charge in [-0.25, -0.2) is 13.1 Å². The van der Waals surface area contributed by atoms with E-state index in [0.29, 0.717) is 11.3 Å². The summed E-state index contributed by atoms with van der Waals surface area (Å²) in [6.45, 7) is 3.52. The fourth-order valence-electron chi connectivity index (χ4n) is 2.69. The van der Waals surface area contributed by atoms with Gasteiger partial charge in [-0.05, 0) is 37.6 Å². The highest BCUT2D eigenvalue weighted by molar-refractivity contribution is 7.89. The molecule has 0 aliphatic rings. The molecule has 0 unspecified atom stereocenters. The number of carbonyl (C=O) groups excluding carboxylic acids is 1. The Bertz CT molecular complexity index is 1020. The summed E-state index contributed by atoms with van der Waals surface area (Å²) in [5.74, 6) is -0.494. The molecule has 156 valence electrons. The van der Waals surface area contributed by atoms with Crippen LogP contribution in [0.5, 0.6) is 0 Å². The van der Waals surface area contributed by atoms with Gasteiger partial charge in [0.05, 0.1) is 15.4 Å². The average molecular weight is 420 g/mol. The van der Waals surface area contributed by atoms with E-state index in [1.54, 1.807) is 45.0 Å². The molecule has 0 saturated carbocycles. The number of nitrogens with one attached hydrogen (secondary N) is 2. The maximum Gasteiger partial charge on any atom is 0.270 e. The fraction of sp³-hybridized carbons (Fsp3) is 0.316. The molecule has 9 nitrogen and oxygen atoms in total. The van der Waals surface area contributed by atoms with Crippen LogP contribution in [0, 0.1) is 10.1 Å². The van der Waals surface area contributed by atoms with Crippen LogP contribution < -0.4 is 14.9 Å². The minimum absolute atomic E-state index is 0.0689. The van der Waals surface area contributed by atoms with E-state index in [0.717, 1.165) is 0 Å². The Hall–Kier alpha value is -2.98. The minimum Gasteiger partial charge on any atom is -0.377 e. The van der Waals surface area contributed by atoms with Gasteiger partial charge in [-0.2, -0.15) is 0 Å². The van der Waals surface area contributed by atoms with E-state index in [1.165, 1.54) is 30.3 Å². The lowest BCUT2D eigenvalue weighted by Gasteiger charge is -2.17. The lowest BCUT2D eigenvalue weighted by Crippen LogP contribution is -2.30. The van der Waals surface area contributed by atoms with Crippen LogP contribution in [0.3, 0.4) is 0 Å². The number of sulfonamides is 1. The smallest absolute Gasteiger partial charge is 0.270 e. The molecule has 0 aromatic heterocycles. The molecule has 10 heteroatoms. The Labute approximate surface area is 169 Å². The summed E-state index contributed by atoms with van der Waals surface area (Å²) in [6, 6.07) is 10.1. The summed E-state index contributed by atoms with van der Waals surface area (Å²) >= 11 is 0. The van der Waals surface area contributed by atoms with Gasteiger partial charge in [-0.3, -0.25) is 14.9 Å². The van der Waals surface area contributed by atoms with Crippen LogP contribution in [0.4, 0.5) is 11.4 Å². The molecule has 29 heavy (non-hydrogen) atoms. The quantitative estimate of drug-likeness (QED) is 0.499. The normalized spacial score (nSPS) is 11.3. The fourth-order valence-corrected chi connectivity index (χ4v) is 4.01. The number of amides is 1. The molecule has 0 saturated heterocycles. The molecule has 0 heterocycles. The third-order valence-electron chi connectivity index (χ3n) is 3.97. The third-order valence-corrected chi connectivity index (χ3v) is 5.63. The molecule has 0 radical (unpaired) electrons. The van der Waals surface area contributed by atoms with Crippen molar-refractivity contribution in [1.29, 1.82) is 0 Å². The zero-order chi connectivity index (χ0) is 21.8. The molecular weight excluding hydrogens is 396 g/mol. The van der Waals surface area contributed by atoms with Crippen molar-refractivity contribution in [3.05, 3.63) is 63.7 Å². The Kier molecular flexibility index (Phi) is 6.93. The van der Waals surface area contributed by atoms with Crippen LogP contribution >= 0.6 is 0 Å². The van der Waals surface area contributed by atoms with Gasteiger partial charge >= 0.3 is 0 Å². The van der Waals surface area contributed by atoms with E-state index >= 15 is 0 Å². The summed E-state index contributed by atoms with van der Waals surface area (Å²) in [4.78, 5) is 24.9. The third kappa shape index (κ3) is 5.75. The van der Waals surface area contributed by atoms with E-state index in [-0.39, 0.29) is 28.7 Å². The highest BCUT2D eigenvalue weighted by Crippen LogP contribution is 2.24. The van der Waals surface area contributed by atoms with Crippen molar-refractivity contribution in [2.45, 2.75) is 31.3 Å². The molecule has 0 aliphatic carbocycles. The van der Waals surface area contributed by atoms with Crippen LogP contribution in [0.1, 0.15) is 29.8 Å². The summed E-state index contributed by atoms with van der Waals surface area (Å²) in [6.07, 6.45) is 0. The van der Waals surface area contributed by atoms with Crippen molar-refractivity contribution < 1.29 is 18.1 Å². The number of benzene rings is 2. The Morgan fingerprint density at radius 1 is 1.17 bits per heavy atom. The van der Waals surface area contributed by atoms with Crippen molar-refractivity contribution in [1.82, 2.24) is 10.0 Å². The molecule has 2 aromatic carbocycles. The standard InChI is InChI=1S/C19H24N4O5S/c1-13(2)21-29(27,28)16-7-5-6-14(10-16)12-20-19(24)17-11-15(23(25)26)8-9-18(17)22(3)4/h5-11,13,21H,12H2,1-4H3,(H,20,24). The van der Waals surface area contributed by atoms with Crippen LogP contribution in [-0.4, -0.2) is 39.4 Å². The second-order valence-corrected chi connectivity index (χ2v) is 8.67. The first kappa shape index (κ1) is 22.3. The van der Waals surface area contributed by atoms with E-state index in [4.69, 9.17) is 0 Å². The second kappa shape index (κ2) is 9.01. The van der Waals surface area contributed by atoms with Crippen LogP contribution in [0.15, 0.2) is 47.4 Å². The van der Waals surface area contributed by atoms with Crippen LogP contribution in [0.2, 0.25) is 0 Å². The SMILES string of the molecule is CC(C)NS(=O)(=O)c1cccc(CNC(=O)c2cc([N+](=O)[O-])ccc2N(C)C)c1. The van der Waals surface area contributed by atoms with Gasteiger partial charge in [0.15, 0.2) is 0 Å². The van der Waals surface area contributed by atoms with Gasteiger partial charge in [0.2, 0.25) is 10.0 Å². The number of hydrogen-bond donors (Lipinski definition) is 2. The number of anilines is 1. The van der Waals surface area contributed by atoms with Crippen LogP contribution in [0.25, 0.3) is 0 Å². The predicted molar refractivity (Wildman–Crippen MR) is 110 cm³/mol. The largest absolute Gasteiger partial charge is 0.377 e. The van der Waals surface area contributed by atoms with Crippen molar-refractivity contribution in [3.63, 3.8) is 0 Å². The highest BCUT2D eigenvalue weighted by atomic mass is 32.2. The monoisotopic (exact) mass is 420 g/mol. The summed E-state index contributed by atoms with van der Waals surface area (Å²) in [5.41, 5.74) is 1.09. The second-order valence-electron chi connectivity index (χ2n) is 6.96. The maximum atomic E-state index is 12.7. The van der Waals surface area contributed by atoms with E-state index in [1.807, 2.05) is 0 Å². The van der Waals surface area contributed by atoms with Crippen molar-refractivity contribution in [3.8, 4) is 0 Å². The first-order chi connectivity index (χ1) is 13.5. The first-order valence-corrected chi connectivity index (χ1v) is 10.3. The Morgan fingerprint density at radius 3 is 2.45 bits per heavy atom. The number of non-ortho nitro benzene ring substituents is 1. The van der Waals surface area contributed by atoms with E-state index in [2.05, 4.69) is 10.0 Å². The lowest BCUT2D eigenvalue weighted by atomic mass is 10.1. The predicted octanol–water partition coefficient (Wildman–Crippen LogP) is 2.28. The molecule has 0 aliphatic heterocycles. The summed E-state index contributed by atoms with van der Waals surface area (Å²) in [5, 5.41) is 13.7. The van der Waals surface area contributed by atoms with Crippen LogP contribution in [-0.2, 0) is 16.6 Å². The van der Waals surface area contributed by atoms with Gasteiger partial charge in [-0.15, -0.1) is 0 Å². The molecular formula is C19H24N4O5S. The topological polar surface area (TPSA) is 122 Å². The zero-order valence-corrected chi connectivity index (χ0v) is 17.5. The van der Waals surface area contributed by atoms with E-state index < -0.39 is 20.9 Å². The number of nitrogens with zero attached hydrogens (tertiary/aromatic N) is 2. The van der Waals surface area contributed by atoms with Gasteiger partial charge in [-0.1, -0.05) is 12.1 Å². The molecule has 1 amide bonds. The molecule has 2 rings (SSSR count). The highest BCUT2D eigenvalue weighted by Gasteiger charge is 2.19. The molecule has 2 N–H and O–H groups in total. The number of nitro benzene ring substituents is 1. The molecule has 0 atom stereocenters.